The van der Waals surface area contributed by atoms with Crippen LogP contribution in [0.2, 0.25) is 0 Å². The topological polar surface area (TPSA) is 59.0 Å². The molecule has 1 saturated heterocycles. The predicted octanol–water partition coefficient (Wildman–Crippen LogP) is 1.76. The first-order valence-electron chi connectivity index (χ1n) is 6.42. The third kappa shape index (κ3) is 3.38. The van der Waals surface area contributed by atoms with Gasteiger partial charge in [-0.1, -0.05) is 0 Å². The van der Waals surface area contributed by atoms with Crippen LogP contribution in [-0.4, -0.2) is 43.0 Å². The van der Waals surface area contributed by atoms with E-state index in [0.29, 0.717) is 13.2 Å². The van der Waals surface area contributed by atoms with Gasteiger partial charge in [0.15, 0.2) is 6.04 Å². The first kappa shape index (κ1) is 13.7. The van der Waals surface area contributed by atoms with Gasteiger partial charge in [0.25, 0.3) is 0 Å². The van der Waals surface area contributed by atoms with Crippen molar-refractivity contribution in [1.29, 1.82) is 0 Å². The number of ether oxygens (including phenoxy) is 2. The second kappa shape index (κ2) is 5.93. The highest BCUT2D eigenvalue weighted by molar-refractivity contribution is 5.78. The highest BCUT2D eigenvalue weighted by atomic mass is 16.5. The molecule has 0 aromatic heterocycles. The summed E-state index contributed by atoms with van der Waals surface area (Å²) in [5.74, 6) is -0.0684. The van der Waals surface area contributed by atoms with Crippen LogP contribution in [0.5, 0.6) is 5.75 Å². The van der Waals surface area contributed by atoms with Crippen LogP contribution in [-0.2, 0) is 9.53 Å². The largest absolute Gasteiger partial charge is 0.491 e. The Kier molecular flexibility index (Phi) is 4.27. The number of hydrogen-bond acceptors (Lipinski definition) is 4. The number of carboxylic acids is 1. The maximum Gasteiger partial charge on any atom is 0.328 e. The summed E-state index contributed by atoms with van der Waals surface area (Å²) >= 11 is 0. The van der Waals surface area contributed by atoms with Crippen LogP contribution in [0.1, 0.15) is 13.8 Å². The van der Waals surface area contributed by atoms with Crippen molar-refractivity contribution < 1.29 is 19.4 Å². The summed E-state index contributed by atoms with van der Waals surface area (Å²) in [6.45, 7) is 5.29. The van der Waals surface area contributed by atoms with E-state index in [4.69, 9.17) is 9.47 Å². The van der Waals surface area contributed by atoms with Crippen LogP contribution in [0, 0.1) is 0 Å². The Morgan fingerprint density at radius 1 is 1.42 bits per heavy atom. The molecular formula is C14H19NO4. The zero-order valence-electron chi connectivity index (χ0n) is 11.2. The van der Waals surface area contributed by atoms with Crippen LogP contribution in [0.25, 0.3) is 0 Å². The Hall–Kier alpha value is -1.75. The molecule has 0 amide bonds. The highest BCUT2D eigenvalue weighted by Gasteiger charge is 2.29. The molecule has 1 aromatic rings. The lowest BCUT2D eigenvalue weighted by Crippen LogP contribution is -2.50. The zero-order chi connectivity index (χ0) is 13.8. The van der Waals surface area contributed by atoms with Gasteiger partial charge >= 0.3 is 5.97 Å². The standard InChI is InChI=1S/C14H19NO4/c1-10(2)19-12-5-3-11(4-6-12)15-7-8-18-9-13(15)14(16)17/h3-6,10,13H,7-9H2,1-2H3,(H,16,17). The van der Waals surface area contributed by atoms with Gasteiger partial charge in [-0.05, 0) is 38.1 Å². The number of nitrogens with zero attached hydrogens (tertiary/aromatic N) is 1. The number of carbonyl (C=O) groups is 1. The van der Waals surface area contributed by atoms with Gasteiger partial charge < -0.3 is 19.5 Å². The summed E-state index contributed by atoms with van der Waals surface area (Å²) in [5.41, 5.74) is 0.881. The van der Waals surface area contributed by atoms with E-state index in [1.54, 1.807) is 0 Å². The van der Waals surface area contributed by atoms with Gasteiger partial charge in [0.1, 0.15) is 5.75 Å². The molecule has 0 saturated carbocycles. The molecule has 5 nitrogen and oxygen atoms in total. The molecule has 1 fully saturated rings. The Morgan fingerprint density at radius 2 is 2.11 bits per heavy atom. The van der Waals surface area contributed by atoms with Crippen LogP contribution < -0.4 is 9.64 Å². The molecule has 5 heteroatoms. The van der Waals surface area contributed by atoms with Gasteiger partial charge in [0.2, 0.25) is 0 Å². The SMILES string of the molecule is CC(C)Oc1ccc(N2CCOCC2C(=O)O)cc1. The van der Waals surface area contributed by atoms with Crippen molar-refractivity contribution in [3.05, 3.63) is 24.3 Å². The van der Waals surface area contributed by atoms with E-state index in [0.717, 1.165) is 11.4 Å². The molecule has 0 bridgehead atoms. The number of benzene rings is 1. The molecule has 2 rings (SSSR count). The lowest BCUT2D eigenvalue weighted by molar-refractivity contribution is -0.141. The average molecular weight is 265 g/mol. The number of rotatable bonds is 4. The Balaban J connectivity index is 2.13. The van der Waals surface area contributed by atoms with Crippen molar-refractivity contribution in [1.82, 2.24) is 0 Å². The second-order valence-electron chi connectivity index (χ2n) is 4.78. The fourth-order valence-electron chi connectivity index (χ4n) is 2.11. The monoisotopic (exact) mass is 265 g/mol. The highest BCUT2D eigenvalue weighted by Crippen LogP contribution is 2.23. The minimum atomic E-state index is -0.859. The molecule has 1 heterocycles. The van der Waals surface area contributed by atoms with E-state index in [9.17, 15) is 9.90 Å². The number of carboxylic acid groups (broad SMARTS) is 1. The first-order chi connectivity index (χ1) is 9.08. The van der Waals surface area contributed by atoms with E-state index >= 15 is 0 Å². The summed E-state index contributed by atoms with van der Waals surface area (Å²) in [6.07, 6.45) is 0.126. The van der Waals surface area contributed by atoms with Crippen molar-refractivity contribution in [3.63, 3.8) is 0 Å². The molecule has 104 valence electrons. The van der Waals surface area contributed by atoms with Crippen molar-refractivity contribution in [2.45, 2.75) is 26.0 Å². The lowest BCUT2D eigenvalue weighted by Gasteiger charge is -2.34. The molecule has 1 aromatic carbocycles. The van der Waals surface area contributed by atoms with Gasteiger partial charge in [-0.25, -0.2) is 4.79 Å². The third-order valence-electron chi connectivity index (χ3n) is 2.95. The fraction of sp³-hybridized carbons (Fsp3) is 0.500. The average Bonchev–Trinajstić information content (AvgIpc) is 2.39. The number of aliphatic carboxylic acids is 1. The van der Waals surface area contributed by atoms with Crippen molar-refractivity contribution >= 4 is 11.7 Å². The van der Waals surface area contributed by atoms with Crippen LogP contribution >= 0.6 is 0 Å². The van der Waals surface area contributed by atoms with E-state index in [-0.39, 0.29) is 12.7 Å². The Labute approximate surface area is 112 Å². The van der Waals surface area contributed by atoms with Crippen LogP contribution in [0.4, 0.5) is 5.69 Å². The smallest absolute Gasteiger partial charge is 0.328 e. The third-order valence-corrected chi connectivity index (χ3v) is 2.95. The van der Waals surface area contributed by atoms with E-state index in [1.807, 2.05) is 43.0 Å². The molecule has 1 aliphatic heterocycles. The van der Waals surface area contributed by atoms with Crippen molar-refractivity contribution in [2.24, 2.45) is 0 Å². The summed E-state index contributed by atoms with van der Waals surface area (Å²) in [5, 5.41) is 9.20. The summed E-state index contributed by atoms with van der Waals surface area (Å²) in [7, 11) is 0. The van der Waals surface area contributed by atoms with Crippen molar-refractivity contribution in [3.8, 4) is 5.75 Å². The first-order valence-corrected chi connectivity index (χ1v) is 6.42. The summed E-state index contributed by atoms with van der Waals surface area (Å²) in [6, 6.07) is 6.89. The molecule has 0 aliphatic carbocycles. The van der Waals surface area contributed by atoms with Crippen LogP contribution in [0.3, 0.4) is 0 Å². The van der Waals surface area contributed by atoms with E-state index in [1.165, 1.54) is 0 Å². The molecule has 1 N–H and O–H groups in total. The molecule has 19 heavy (non-hydrogen) atoms. The normalized spacial score (nSPS) is 19.5. The van der Waals surface area contributed by atoms with Gasteiger partial charge in [0, 0.05) is 12.2 Å². The van der Waals surface area contributed by atoms with Gasteiger partial charge in [-0.15, -0.1) is 0 Å². The molecule has 1 atom stereocenters. The second-order valence-corrected chi connectivity index (χ2v) is 4.78. The number of morpholine rings is 1. The number of anilines is 1. The zero-order valence-corrected chi connectivity index (χ0v) is 11.2. The minimum absolute atomic E-state index is 0.126. The fourth-order valence-corrected chi connectivity index (χ4v) is 2.11. The molecule has 0 spiro atoms. The Morgan fingerprint density at radius 3 is 2.68 bits per heavy atom. The summed E-state index contributed by atoms with van der Waals surface area (Å²) < 4.78 is 10.8. The van der Waals surface area contributed by atoms with E-state index < -0.39 is 12.0 Å². The van der Waals surface area contributed by atoms with E-state index in [2.05, 4.69) is 0 Å². The van der Waals surface area contributed by atoms with Gasteiger partial charge in [-0.3, -0.25) is 0 Å². The maximum absolute atomic E-state index is 11.2. The minimum Gasteiger partial charge on any atom is -0.491 e. The molecule has 1 aliphatic rings. The van der Waals surface area contributed by atoms with Crippen LogP contribution in [0.15, 0.2) is 24.3 Å². The lowest BCUT2D eigenvalue weighted by atomic mass is 10.2. The molecule has 0 radical (unpaired) electrons. The molecular weight excluding hydrogens is 246 g/mol. The van der Waals surface area contributed by atoms with Gasteiger partial charge in [0.05, 0.1) is 19.3 Å². The number of hydrogen-bond donors (Lipinski definition) is 1. The van der Waals surface area contributed by atoms with Crippen molar-refractivity contribution in [2.75, 3.05) is 24.7 Å². The molecule has 1 unspecified atom stereocenters. The predicted molar refractivity (Wildman–Crippen MR) is 71.8 cm³/mol. The van der Waals surface area contributed by atoms with Gasteiger partial charge in [-0.2, -0.15) is 0 Å². The summed E-state index contributed by atoms with van der Waals surface area (Å²) in [4.78, 5) is 13.1. The maximum atomic E-state index is 11.2. The Bertz CT molecular complexity index is 430. The quantitative estimate of drug-likeness (QED) is 0.899.